The van der Waals surface area contributed by atoms with Crippen LogP contribution in [0.2, 0.25) is 0 Å². The third kappa shape index (κ3) is 1.10. The number of hydrogen-bond acceptors (Lipinski definition) is 1. The minimum atomic E-state index is 0.105. The zero-order chi connectivity index (χ0) is 8.55. The quantitative estimate of drug-likeness (QED) is 0.659. The Kier molecular flexibility index (Phi) is 1.62. The highest BCUT2D eigenvalue weighted by Gasteiger charge is 1.97. The molecule has 0 bridgehead atoms. The largest absolute Gasteiger partial charge is 0.392 e. The molecule has 0 saturated carbocycles. The predicted molar refractivity (Wildman–Crippen MR) is 49.0 cm³/mol. The van der Waals surface area contributed by atoms with Crippen molar-refractivity contribution in [3.05, 3.63) is 35.5 Å². The molecule has 62 valence electrons. The van der Waals surface area contributed by atoms with Gasteiger partial charge in [-0.25, -0.2) is 0 Å². The molecule has 0 radical (unpaired) electrons. The molecule has 0 spiro atoms. The average Bonchev–Trinajstić information content (AvgIpc) is 2.43. The number of rotatable bonds is 1. The minimum Gasteiger partial charge on any atom is -0.392 e. The fraction of sp³-hybridized carbons (Fsp3) is 0.200. The molecule has 1 aromatic carbocycles. The van der Waals surface area contributed by atoms with Crippen LogP contribution in [0.25, 0.3) is 10.9 Å². The number of aryl methyl sites for hydroxylation is 1. The Bertz CT molecular complexity index is 403. The Labute approximate surface area is 70.8 Å². The number of nitrogens with one attached hydrogen (secondary N) is 1. The normalized spacial score (nSPS) is 10.8. The monoisotopic (exact) mass is 161 g/mol. The summed E-state index contributed by atoms with van der Waals surface area (Å²) in [5.74, 6) is 0. The molecule has 1 heterocycles. The molecule has 0 aliphatic carbocycles. The molecule has 2 heteroatoms. The van der Waals surface area contributed by atoms with Gasteiger partial charge >= 0.3 is 0 Å². The van der Waals surface area contributed by atoms with E-state index < -0.39 is 0 Å². The third-order valence-electron chi connectivity index (χ3n) is 2.00. The maximum absolute atomic E-state index is 8.89. The van der Waals surface area contributed by atoms with Crippen LogP contribution >= 0.6 is 0 Å². The number of benzene rings is 1. The summed E-state index contributed by atoms with van der Waals surface area (Å²) in [5.41, 5.74) is 3.20. The first kappa shape index (κ1) is 7.37. The highest BCUT2D eigenvalue weighted by atomic mass is 16.3. The average molecular weight is 161 g/mol. The number of aliphatic hydroxyl groups is 1. The zero-order valence-corrected chi connectivity index (χ0v) is 6.96. The van der Waals surface area contributed by atoms with Crippen LogP contribution in [0.5, 0.6) is 0 Å². The second-order valence-electron chi connectivity index (χ2n) is 3.03. The summed E-state index contributed by atoms with van der Waals surface area (Å²) >= 11 is 0. The molecule has 2 rings (SSSR count). The summed E-state index contributed by atoms with van der Waals surface area (Å²) in [4.78, 5) is 3.22. The van der Waals surface area contributed by atoms with E-state index in [0.29, 0.717) is 0 Å². The number of aromatic nitrogens is 1. The lowest BCUT2D eigenvalue weighted by Gasteiger charge is -1.94. The van der Waals surface area contributed by atoms with Crippen LogP contribution in [-0.4, -0.2) is 10.1 Å². The maximum Gasteiger partial charge on any atom is 0.0682 e. The van der Waals surface area contributed by atoms with Crippen molar-refractivity contribution in [1.29, 1.82) is 0 Å². The molecule has 2 N–H and O–H groups in total. The van der Waals surface area contributed by atoms with E-state index in [1.165, 1.54) is 5.39 Å². The lowest BCUT2D eigenvalue weighted by Crippen LogP contribution is -1.80. The molecule has 0 amide bonds. The number of H-pyrrole nitrogens is 1. The van der Waals surface area contributed by atoms with E-state index in [-0.39, 0.29) is 6.61 Å². The van der Waals surface area contributed by atoms with Crippen LogP contribution in [0.1, 0.15) is 11.3 Å². The first-order chi connectivity index (χ1) is 5.79. The SMILES string of the molecule is Cc1cc2ccc(CO)cc2[nH]1. The number of hydrogen-bond donors (Lipinski definition) is 2. The maximum atomic E-state index is 8.89. The third-order valence-corrected chi connectivity index (χ3v) is 2.00. The molecule has 1 aromatic heterocycles. The molecular formula is C10H11NO. The van der Waals surface area contributed by atoms with Crippen LogP contribution in [0, 0.1) is 6.92 Å². The predicted octanol–water partition coefficient (Wildman–Crippen LogP) is 1.97. The topological polar surface area (TPSA) is 36.0 Å². The van der Waals surface area contributed by atoms with E-state index in [2.05, 4.69) is 11.1 Å². The van der Waals surface area contributed by atoms with Gasteiger partial charge in [0.25, 0.3) is 0 Å². The van der Waals surface area contributed by atoms with Crippen LogP contribution in [-0.2, 0) is 6.61 Å². The van der Waals surface area contributed by atoms with E-state index in [4.69, 9.17) is 5.11 Å². The Morgan fingerprint density at radius 2 is 2.17 bits per heavy atom. The van der Waals surface area contributed by atoms with Gasteiger partial charge < -0.3 is 10.1 Å². The molecule has 2 nitrogen and oxygen atoms in total. The summed E-state index contributed by atoms with van der Waals surface area (Å²) in [5, 5.41) is 10.1. The van der Waals surface area contributed by atoms with Crippen LogP contribution in [0.3, 0.4) is 0 Å². The van der Waals surface area contributed by atoms with Crippen LogP contribution in [0.15, 0.2) is 24.3 Å². The standard InChI is InChI=1S/C10H11NO/c1-7-4-9-3-2-8(6-12)5-10(9)11-7/h2-5,11-12H,6H2,1H3. The molecule has 0 aliphatic heterocycles. The zero-order valence-electron chi connectivity index (χ0n) is 6.96. The van der Waals surface area contributed by atoms with Gasteiger partial charge in [0.2, 0.25) is 0 Å². The van der Waals surface area contributed by atoms with Crippen molar-refractivity contribution < 1.29 is 5.11 Å². The number of aliphatic hydroxyl groups excluding tert-OH is 1. The lowest BCUT2D eigenvalue weighted by molar-refractivity contribution is 0.282. The molecule has 0 aliphatic rings. The Hall–Kier alpha value is -1.28. The van der Waals surface area contributed by atoms with E-state index in [1.807, 2.05) is 25.1 Å². The van der Waals surface area contributed by atoms with Crippen molar-refractivity contribution in [2.24, 2.45) is 0 Å². The van der Waals surface area contributed by atoms with E-state index in [9.17, 15) is 0 Å². The first-order valence-corrected chi connectivity index (χ1v) is 3.99. The van der Waals surface area contributed by atoms with Gasteiger partial charge in [-0.3, -0.25) is 0 Å². The van der Waals surface area contributed by atoms with E-state index in [1.54, 1.807) is 0 Å². The molecule has 0 fully saturated rings. The lowest BCUT2D eigenvalue weighted by atomic mass is 10.2. The minimum absolute atomic E-state index is 0.105. The van der Waals surface area contributed by atoms with Crippen molar-refractivity contribution in [2.75, 3.05) is 0 Å². The van der Waals surface area contributed by atoms with Crippen LogP contribution < -0.4 is 0 Å². The van der Waals surface area contributed by atoms with Gasteiger partial charge in [0.05, 0.1) is 6.61 Å². The molecule has 0 unspecified atom stereocenters. The van der Waals surface area contributed by atoms with Crippen molar-refractivity contribution in [3.8, 4) is 0 Å². The Balaban J connectivity index is 2.66. The summed E-state index contributed by atoms with van der Waals surface area (Å²) < 4.78 is 0. The fourth-order valence-corrected chi connectivity index (χ4v) is 1.42. The fourth-order valence-electron chi connectivity index (χ4n) is 1.42. The summed E-state index contributed by atoms with van der Waals surface area (Å²) in [6.07, 6.45) is 0. The first-order valence-electron chi connectivity index (χ1n) is 3.99. The smallest absolute Gasteiger partial charge is 0.0682 e. The van der Waals surface area contributed by atoms with Crippen molar-refractivity contribution >= 4 is 10.9 Å². The highest BCUT2D eigenvalue weighted by Crippen LogP contribution is 2.16. The van der Waals surface area contributed by atoms with Crippen molar-refractivity contribution in [1.82, 2.24) is 4.98 Å². The number of aromatic amines is 1. The van der Waals surface area contributed by atoms with Gasteiger partial charge in [0.1, 0.15) is 0 Å². The van der Waals surface area contributed by atoms with Crippen molar-refractivity contribution in [2.45, 2.75) is 13.5 Å². The van der Waals surface area contributed by atoms with Gasteiger partial charge in [-0.2, -0.15) is 0 Å². The second kappa shape index (κ2) is 2.64. The Morgan fingerprint density at radius 3 is 2.92 bits per heavy atom. The molecule has 12 heavy (non-hydrogen) atoms. The summed E-state index contributed by atoms with van der Waals surface area (Å²) in [6.45, 7) is 2.13. The van der Waals surface area contributed by atoms with Gasteiger partial charge in [0, 0.05) is 11.2 Å². The summed E-state index contributed by atoms with van der Waals surface area (Å²) in [7, 11) is 0. The molecule has 0 atom stereocenters. The van der Waals surface area contributed by atoms with Gasteiger partial charge in [-0.1, -0.05) is 12.1 Å². The van der Waals surface area contributed by atoms with Gasteiger partial charge in [-0.15, -0.1) is 0 Å². The van der Waals surface area contributed by atoms with E-state index in [0.717, 1.165) is 16.8 Å². The van der Waals surface area contributed by atoms with Crippen molar-refractivity contribution in [3.63, 3.8) is 0 Å². The van der Waals surface area contributed by atoms with Crippen LogP contribution in [0.4, 0.5) is 0 Å². The van der Waals surface area contributed by atoms with E-state index >= 15 is 0 Å². The molecule has 2 aromatic rings. The second-order valence-corrected chi connectivity index (χ2v) is 3.03. The molecule has 0 saturated heterocycles. The Morgan fingerprint density at radius 1 is 1.33 bits per heavy atom. The van der Waals surface area contributed by atoms with Gasteiger partial charge in [-0.05, 0) is 30.0 Å². The number of fused-ring (bicyclic) bond motifs is 1. The van der Waals surface area contributed by atoms with Gasteiger partial charge in [0.15, 0.2) is 0 Å². The molecular weight excluding hydrogens is 150 g/mol. The summed E-state index contributed by atoms with van der Waals surface area (Å²) in [6, 6.07) is 8.03. The highest BCUT2D eigenvalue weighted by molar-refractivity contribution is 5.80.